The van der Waals surface area contributed by atoms with Gasteiger partial charge in [0.1, 0.15) is 0 Å². The Morgan fingerprint density at radius 3 is 2.25 bits per heavy atom. The van der Waals surface area contributed by atoms with E-state index in [1.807, 2.05) is 0 Å². The van der Waals surface area contributed by atoms with E-state index in [1.54, 1.807) is 0 Å². The van der Waals surface area contributed by atoms with E-state index in [1.165, 1.54) is 23.1 Å². The zero-order chi connectivity index (χ0) is 14.4. The second-order valence-electron chi connectivity index (χ2n) is 5.67. The summed E-state index contributed by atoms with van der Waals surface area (Å²) in [4.78, 5) is 0. The quantitative estimate of drug-likeness (QED) is 0.802. The van der Waals surface area contributed by atoms with Crippen molar-refractivity contribution in [1.29, 1.82) is 0 Å². The van der Waals surface area contributed by atoms with Crippen molar-refractivity contribution in [2.24, 2.45) is 0 Å². The van der Waals surface area contributed by atoms with Crippen LogP contribution in [0.3, 0.4) is 0 Å². The fourth-order valence-corrected chi connectivity index (χ4v) is 2.70. The number of nitrogens with one attached hydrogen (secondary N) is 1. The summed E-state index contributed by atoms with van der Waals surface area (Å²) in [6, 6.07) is 20.3. The summed E-state index contributed by atoms with van der Waals surface area (Å²) < 4.78 is 0. The van der Waals surface area contributed by atoms with E-state index in [-0.39, 0.29) is 0 Å². The maximum atomic E-state index is 3.71. The molecule has 2 rings (SSSR count). The summed E-state index contributed by atoms with van der Waals surface area (Å²) in [6.45, 7) is 6.71. The molecule has 20 heavy (non-hydrogen) atoms. The first-order valence-electron chi connectivity index (χ1n) is 7.52. The van der Waals surface area contributed by atoms with Gasteiger partial charge in [-0.1, -0.05) is 54.6 Å². The van der Waals surface area contributed by atoms with Crippen LogP contribution in [0.2, 0.25) is 0 Å². The van der Waals surface area contributed by atoms with E-state index in [9.17, 15) is 0 Å². The van der Waals surface area contributed by atoms with Crippen LogP contribution in [-0.2, 0) is 6.42 Å². The van der Waals surface area contributed by atoms with Crippen molar-refractivity contribution in [3.8, 4) is 0 Å². The van der Waals surface area contributed by atoms with Gasteiger partial charge in [0, 0.05) is 12.1 Å². The molecular formula is C19H25N. The minimum Gasteiger partial charge on any atom is -0.308 e. The van der Waals surface area contributed by atoms with Gasteiger partial charge in [0.05, 0.1) is 0 Å². The fraction of sp³-hybridized carbons (Fsp3) is 0.368. The minimum atomic E-state index is 0.405. The molecule has 1 nitrogen and oxygen atoms in total. The number of hydrogen-bond donors (Lipinski definition) is 1. The first-order valence-corrected chi connectivity index (χ1v) is 7.52. The average Bonchev–Trinajstić information content (AvgIpc) is 2.46. The Labute approximate surface area is 123 Å². The fourth-order valence-electron chi connectivity index (χ4n) is 2.70. The minimum absolute atomic E-state index is 0.405. The van der Waals surface area contributed by atoms with Crippen LogP contribution in [0.5, 0.6) is 0 Å². The van der Waals surface area contributed by atoms with Crippen molar-refractivity contribution in [3.63, 3.8) is 0 Å². The molecule has 0 aliphatic carbocycles. The van der Waals surface area contributed by atoms with Crippen LogP contribution < -0.4 is 5.32 Å². The monoisotopic (exact) mass is 267 g/mol. The van der Waals surface area contributed by atoms with E-state index >= 15 is 0 Å². The molecule has 0 amide bonds. The lowest BCUT2D eigenvalue weighted by atomic mass is 10.0. The Balaban J connectivity index is 1.85. The molecule has 0 spiro atoms. The van der Waals surface area contributed by atoms with Gasteiger partial charge < -0.3 is 5.32 Å². The molecule has 0 aromatic heterocycles. The summed E-state index contributed by atoms with van der Waals surface area (Å²) in [6.07, 6.45) is 2.30. The zero-order valence-electron chi connectivity index (χ0n) is 12.8. The molecule has 2 aromatic carbocycles. The van der Waals surface area contributed by atoms with Crippen molar-refractivity contribution < 1.29 is 0 Å². The van der Waals surface area contributed by atoms with Crippen LogP contribution in [0, 0.1) is 6.92 Å². The van der Waals surface area contributed by atoms with Crippen LogP contribution >= 0.6 is 0 Å². The third kappa shape index (κ3) is 4.21. The normalized spacial score (nSPS) is 13.9. The molecule has 0 aliphatic heterocycles. The van der Waals surface area contributed by atoms with E-state index < -0.39 is 0 Å². The third-order valence-electron chi connectivity index (χ3n) is 3.90. The molecule has 106 valence electrons. The molecule has 0 saturated carbocycles. The lowest BCUT2D eigenvalue weighted by Crippen LogP contribution is -2.29. The molecule has 0 radical (unpaired) electrons. The molecule has 2 atom stereocenters. The van der Waals surface area contributed by atoms with E-state index in [4.69, 9.17) is 0 Å². The number of benzene rings is 2. The summed E-state index contributed by atoms with van der Waals surface area (Å²) >= 11 is 0. The Kier molecular flexibility index (Phi) is 5.37. The van der Waals surface area contributed by atoms with Crippen molar-refractivity contribution in [2.45, 2.75) is 45.7 Å². The highest BCUT2D eigenvalue weighted by atomic mass is 14.9. The van der Waals surface area contributed by atoms with E-state index in [0.29, 0.717) is 12.1 Å². The van der Waals surface area contributed by atoms with Gasteiger partial charge in [0.25, 0.3) is 0 Å². The Morgan fingerprint density at radius 1 is 0.900 bits per heavy atom. The standard InChI is InChI=1S/C19H25N/c1-15-9-7-8-12-19(15)17(3)20-16(2)13-14-18-10-5-4-6-11-18/h4-12,16-17,20H,13-14H2,1-3H3. The van der Waals surface area contributed by atoms with E-state index in [0.717, 1.165) is 6.42 Å². The third-order valence-corrected chi connectivity index (χ3v) is 3.90. The first kappa shape index (κ1) is 14.8. The molecule has 0 saturated heterocycles. The van der Waals surface area contributed by atoms with Crippen molar-refractivity contribution in [3.05, 3.63) is 71.3 Å². The van der Waals surface area contributed by atoms with Gasteiger partial charge >= 0.3 is 0 Å². The van der Waals surface area contributed by atoms with Crippen LogP contribution in [0.25, 0.3) is 0 Å². The summed E-state index contributed by atoms with van der Waals surface area (Å²) in [5.74, 6) is 0. The number of rotatable bonds is 6. The van der Waals surface area contributed by atoms with Gasteiger partial charge in [-0.15, -0.1) is 0 Å². The van der Waals surface area contributed by atoms with Crippen LogP contribution in [0.1, 0.15) is 43.0 Å². The maximum Gasteiger partial charge on any atom is 0.0296 e. The van der Waals surface area contributed by atoms with Gasteiger partial charge in [0.2, 0.25) is 0 Å². The second kappa shape index (κ2) is 7.25. The molecule has 2 unspecified atom stereocenters. The van der Waals surface area contributed by atoms with Crippen LogP contribution in [0.4, 0.5) is 0 Å². The van der Waals surface area contributed by atoms with Gasteiger partial charge in [0.15, 0.2) is 0 Å². The summed E-state index contributed by atoms with van der Waals surface area (Å²) in [5.41, 5.74) is 4.19. The predicted octanol–water partition coefficient (Wildman–Crippen LogP) is 4.67. The van der Waals surface area contributed by atoms with E-state index in [2.05, 4.69) is 80.7 Å². The number of aryl methyl sites for hydroxylation is 2. The van der Waals surface area contributed by atoms with Crippen molar-refractivity contribution in [1.82, 2.24) is 5.32 Å². The Bertz CT molecular complexity index is 518. The maximum absolute atomic E-state index is 3.71. The summed E-state index contributed by atoms with van der Waals surface area (Å²) in [5, 5.41) is 3.71. The topological polar surface area (TPSA) is 12.0 Å². The molecule has 1 heteroatoms. The van der Waals surface area contributed by atoms with Gasteiger partial charge in [-0.2, -0.15) is 0 Å². The molecule has 0 aliphatic rings. The van der Waals surface area contributed by atoms with Crippen molar-refractivity contribution in [2.75, 3.05) is 0 Å². The largest absolute Gasteiger partial charge is 0.308 e. The van der Waals surface area contributed by atoms with Gasteiger partial charge in [-0.05, 0) is 50.3 Å². The average molecular weight is 267 g/mol. The lowest BCUT2D eigenvalue weighted by molar-refractivity contribution is 0.455. The highest BCUT2D eigenvalue weighted by Crippen LogP contribution is 2.18. The molecule has 0 fully saturated rings. The highest BCUT2D eigenvalue weighted by molar-refractivity contribution is 5.28. The molecular weight excluding hydrogens is 242 g/mol. The SMILES string of the molecule is Cc1ccccc1C(C)NC(C)CCc1ccccc1. The molecule has 1 N–H and O–H groups in total. The Hall–Kier alpha value is -1.60. The zero-order valence-corrected chi connectivity index (χ0v) is 12.8. The highest BCUT2D eigenvalue weighted by Gasteiger charge is 2.11. The molecule has 0 bridgehead atoms. The predicted molar refractivity (Wildman–Crippen MR) is 87.0 cm³/mol. The summed E-state index contributed by atoms with van der Waals surface area (Å²) in [7, 11) is 0. The van der Waals surface area contributed by atoms with Gasteiger partial charge in [-0.3, -0.25) is 0 Å². The molecule has 2 aromatic rings. The van der Waals surface area contributed by atoms with Crippen LogP contribution in [0.15, 0.2) is 54.6 Å². The smallest absolute Gasteiger partial charge is 0.0296 e. The molecule has 0 heterocycles. The number of hydrogen-bond acceptors (Lipinski definition) is 1. The second-order valence-corrected chi connectivity index (χ2v) is 5.67. The lowest BCUT2D eigenvalue weighted by Gasteiger charge is -2.22. The van der Waals surface area contributed by atoms with Crippen LogP contribution in [-0.4, -0.2) is 6.04 Å². The Morgan fingerprint density at radius 2 is 1.55 bits per heavy atom. The van der Waals surface area contributed by atoms with Crippen molar-refractivity contribution >= 4 is 0 Å². The first-order chi connectivity index (χ1) is 9.66. The van der Waals surface area contributed by atoms with Gasteiger partial charge in [-0.25, -0.2) is 0 Å².